The van der Waals surface area contributed by atoms with Gasteiger partial charge in [-0.25, -0.2) is 0 Å². The Bertz CT molecular complexity index is 1110. The molecule has 3 aromatic carbocycles. The number of hydrogen-bond acceptors (Lipinski definition) is 6. The molecule has 0 bridgehead atoms. The summed E-state index contributed by atoms with van der Waals surface area (Å²) in [7, 11) is 1.96. The van der Waals surface area contributed by atoms with Gasteiger partial charge in [0.1, 0.15) is 0 Å². The molecule has 0 saturated carbocycles. The first kappa shape index (κ1) is 16.7. The van der Waals surface area contributed by atoms with Gasteiger partial charge in [-0.05, 0) is 35.0 Å². The Kier molecular flexibility index (Phi) is 4.25. The highest BCUT2D eigenvalue weighted by molar-refractivity contribution is 5.85. The summed E-state index contributed by atoms with van der Waals surface area (Å²) in [5, 5.41) is 21.2. The number of nitrogens with zero attached hydrogens (tertiary/aromatic N) is 4. The second-order valence-corrected chi connectivity index (χ2v) is 6.19. The number of nitro benzene ring substituents is 1. The molecule has 0 spiro atoms. The number of rotatable bonds is 5. The normalized spacial score (nSPS) is 10.9. The van der Waals surface area contributed by atoms with E-state index in [-0.39, 0.29) is 5.69 Å². The van der Waals surface area contributed by atoms with E-state index < -0.39 is 4.92 Å². The predicted octanol–water partition coefficient (Wildman–Crippen LogP) is 4.43. The van der Waals surface area contributed by atoms with Crippen LogP contribution in [0.15, 0.2) is 71.1 Å². The molecule has 7 heteroatoms. The topological polar surface area (TPSA) is 85.3 Å². The number of fused-ring (bicyclic) bond motifs is 1. The lowest BCUT2D eigenvalue weighted by molar-refractivity contribution is -0.384. The van der Waals surface area contributed by atoms with E-state index >= 15 is 0 Å². The second kappa shape index (κ2) is 6.87. The third-order valence-corrected chi connectivity index (χ3v) is 4.34. The summed E-state index contributed by atoms with van der Waals surface area (Å²) in [4.78, 5) is 12.3. The highest BCUT2D eigenvalue weighted by Gasteiger charge is 2.13. The fraction of sp³-hybridized carbons (Fsp3) is 0.100. The van der Waals surface area contributed by atoms with Gasteiger partial charge >= 0.3 is 0 Å². The van der Waals surface area contributed by atoms with Gasteiger partial charge in [-0.2, -0.15) is 0 Å². The van der Waals surface area contributed by atoms with Crippen molar-refractivity contribution in [3.63, 3.8) is 0 Å². The summed E-state index contributed by atoms with van der Waals surface area (Å²) in [6, 6.07) is 20.5. The third-order valence-electron chi connectivity index (χ3n) is 4.34. The molecule has 27 heavy (non-hydrogen) atoms. The quantitative estimate of drug-likeness (QED) is 0.386. The molecule has 0 aliphatic heterocycles. The van der Waals surface area contributed by atoms with Crippen LogP contribution < -0.4 is 4.90 Å². The maximum Gasteiger partial charge on any atom is 0.269 e. The largest absolute Gasteiger partial charge is 0.419 e. The van der Waals surface area contributed by atoms with Gasteiger partial charge in [0, 0.05) is 30.4 Å². The molecule has 4 rings (SSSR count). The Morgan fingerprint density at radius 2 is 1.74 bits per heavy atom. The van der Waals surface area contributed by atoms with Crippen molar-refractivity contribution in [2.24, 2.45) is 0 Å². The van der Waals surface area contributed by atoms with Crippen LogP contribution in [0.3, 0.4) is 0 Å². The van der Waals surface area contributed by atoms with Crippen LogP contribution in [0.2, 0.25) is 0 Å². The van der Waals surface area contributed by atoms with Crippen LogP contribution in [0.25, 0.3) is 22.2 Å². The summed E-state index contributed by atoms with van der Waals surface area (Å²) < 4.78 is 5.72. The van der Waals surface area contributed by atoms with Gasteiger partial charge in [-0.1, -0.05) is 30.3 Å². The zero-order valence-corrected chi connectivity index (χ0v) is 14.6. The average Bonchev–Trinajstić information content (AvgIpc) is 3.16. The van der Waals surface area contributed by atoms with E-state index in [1.165, 1.54) is 22.9 Å². The van der Waals surface area contributed by atoms with Gasteiger partial charge in [0.25, 0.3) is 5.69 Å². The summed E-state index contributed by atoms with van der Waals surface area (Å²) >= 11 is 0. The molecule has 134 valence electrons. The fourth-order valence-corrected chi connectivity index (χ4v) is 2.87. The first-order valence-electron chi connectivity index (χ1n) is 8.37. The van der Waals surface area contributed by atoms with E-state index in [2.05, 4.69) is 40.5 Å². The Morgan fingerprint density at radius 3 is 2.48 bits per heavy atom. The number of benzene rings is 3. The maximum atomic E-state index is 10.7. The van der Waals surface area contributed by atoms with Crippen molar-refractivity contribution in [1.82, 2.24) is 10.2 Å². The highest BCUT2D eigenvalue weighted by Crippen LogP contribution is 2.24. The summed E-state index contributed by atoms with van der Waals surface area (Å²) in [6.07, 6.45) is 0. The van der Waals surface area contributed by atoms with Gasteiger partial charge in [-0.3, -0.25) is 10.1 Å². The lowest BCUT2D eigenvalue weighted by atomic mass is 10.1. The lowest BCUT2D eigenvalue weighted by Gasteiger charge is -2.17. The van der Waals surface area contributed by atoms with Gasteiger partial charge in [0.2, 0.25) is 11.8 Å². The zero-order valence-electron chi connectivity index (χ0n) is 14.6. The smallest absolute Gasteiger partial charge is 0.269 e. The number of hydrogen-bond donors (Lipinski definition) is 0. The molecule has 4 aromatic rings. The van der Waals surface area contributed by atoms with Crippen molar-refractivity contribution in [1.29, 1.82) is 0 Å². The standard InChI is InChI=1S/C20H16N4O3/c1-23(18-11-6-14-4-2-3-5-16(14)12-18)13-19-21-22-20(27-19)15-7-9-17(10-8-15)24(25)26/h2-12H,13H2,1H3. The average molecular weight is 360 g/mol. The highest BCUT2D eigenvalue weighted by atomic mass is 16.6. The van der Waals surface area contributed by atoms with E-state index in [0.717, 1.165) is 5.69 Å². The first-order valence-corrected chi connectivity index (χ1v) is 8.37. The minimum absolute atomic E-state index is 0.0227. The Labute approximate surface area is 155 Å². The van der Waals surface area contributed by atoms with Crippen LogP contribution in [0, 0.1) is 10.1 Å². The van der Waals surface area contributed by atoms with Crippen LogP contribution in [0.4, 0.5) is 11.4 Å². The SMILES string of the molecule is CN(Cc1nnc(-c2ccc([N+](=O)[O-])cc2)o1)c1ccc2ccccc2c1. The van der Waals surface area contributed by atoms with Gasteiger partial charge in [0.15, 0.2) is 0 Å². The molecule has 1 heterocycles. The van der Waals surface area contributed by atoms with Crippen LogP contribution in [0.5, 0.6) is 0 Å². The van der Waals surface area contributed by atoms with Gasteiger partial charge < -0.3 is 9.32 Å². The molecule has 1 aromatic heterocycles. The molecule has 0 aliphatic carbocycles. The van der Waals surface area contributed by atoms with Crippen LogP contribution in [-0.2, 0) is 6.54 Å². The minimum atomic E-state index is -0.443. The lowest BCUT2D eigenvalue weighted by Crippen LogP contribution is -2.16. The van der Waals surface area contributed by atoms with Crippen molar-refractivity contribution >= 4 is 22.1 Å². The fourth-order valence-electron chi connectivity index (χ4n) is 2.87. The van der Waals surface area contributed by atoms with Crippen LogP contribution >= 0.6 is 0 Å². The van der Waals surface area contributed by atoms with Crippen LogP contribution in [-0.4, -0.2) is 22.2 Å². The molecule has 0 amide bonds. The van der Waals surface area contributed by atoms with E-state index in [9.17, 15) is 10.1 Å². The van der Waals surface area contributed by atoms with Gasteiger partial charge in [0.05, 0.1) is 11.5 Å². The molecule has 0 unspecified atom stereocenters. The summed E-state index contributed by atoms with van der Waals surface area (Å²) in [5.41, 5.74) is 1.71. The first-order chi connectivity index (χ1) is 13.1. The van der Waals surface area contributed by atoms with E-state index in [1.54, 1.807) is 12.1 Å². The number of non-ortho nitro benzene ring substituents is 1. The molecular weight excluding hydrogens is 344 g/mol. The number of anilines is 1. The number of nitro groups is 1. The van der Waals surface area contributed by atoms with Crippen molar-refractivity contribution in [2.75, 3.05) is 11.9 Å². The van der Waals surface area contributed by atoms with Gasteiger partial charge in [-0.15, -0.1) is 10.2 Å². The second-order valence-electron chi connectivity index (χ2n) is 6.19. The maximum absolute atomic E-state index is 10.7. The molecule has 0 aliphatic rings. The summed E-state index contributed by atoms with van der Waals surface area (Å²) in [5.74, 6) is 0.811. The molecule has 0 fully saturated rings. The van der Waals surface area contributed by atoms with E-state index in [4.69, 9.17) is 4.42 Å². The Balaban J connectivity index is 1.51. The Hall–Kier alpha value is -3.74. The number of aromatic nitrogens is 2. The molecule has 0 saturated heterocycles. The molecule has 0 N–H and O–H groups in total. The molecular formula is C20H16N4O3. The van der Waals surface area contributed by atoms with E-state index in [0.29, 0.717) is 23.9 Å². The van der Waals surface area contributed by atoms with Crippen LogP contribution in [0.1, 0.15) is 5.89 Å². The predicted molar refractivity (Wildman–Crippen MR) is 102 cm³/mol. The van der Waals surface area contributed by atoms with Crippen molar-refractivity contribution < 1.29 is 9.34 Å². The molecule has 0 atom stereocenters. The van der Waals surface area contributed by atoms with Crippen molar-refractivity contribution in [3.8, 4) is 11.5 Å². The Morgan fingerprint density at radius 1 is 1.00 bits per heavy atom. The van der Waals surface area contributed by atoms with Crippen molar-refractivity contribution in [3.05, 3.63) is 82.7 Å². The minimum Gasteiger partial charge on any atom is -0.419 e. The third kappa shape index (κ3) is 3.48. The molecule has 7 nitrogen and oxygen atoms in total. The van der Waals surface area contributed by atoms with Crippen molar-refractivity contribution in [2.45, 2.75) is 6.54 Å². The van der Waals surface area contributed by atoms with E-state index in [1.807, 2.05) is 24.1 Å². The summed E-state index contributed by atoms with van der Waals surface area (Å²) in [6.45, 7) is 0.457. The molecule has 0 radical (unpaired) electrons. The monoisotopic (exact) mass is 360 g/mol. The zero-order chi connectivity index (χ0) is 18.8.